The van der Waals surface area contributed by atoms with Crippen molar-refractivity contribution in [2.75, 3.05) is 0 Å². The summed E-state index contributed by atoms with van der Waals surface area (Å²) < 4.78 is 230. The summed E-state index contributed by atoms with van der Waals surface area (Å²) in [6.45, 7) is 3.17. The van der Waals surface area contributed by atoms with Crippen molar-refractivity contribution >= 4 is 6.08 Å². The van der Waals surface area contributed by atoms with Gasteiger partial charge in [-0.05, 0) is 70.8 Å². The highest BCUT2D eigenvalue weighted by molar-refractivity contribution is 5.62. The van der Waals surface area contributed by atoms with Gasteiger partial charge in [-0.3, -0.25) is 0 Å². The van der Waals surface area contributed by atoms with Crippen molar-refractivity contribution in [3.8, 4) is 34.5 Å². The lowest BCUT2D eigenvalue weighted by Crippen LogP contribution is -2.54. The minimum Gasteiger partial charge on any atom is -0.508 e. The zero-order chi connectivity index (χ0) is 42.5. The molecule has 0 fully saturated rings. The van der Waals surface area contributed by atoms with Crippen LogP contribution in [0.3, 0.4) is 0 Å². The topological polar surface area (TPSA) is 58.9 Å². The fraction of sp³-hybridized carbons (Fsp3) is 0.158. The lowest BCUT2D eigenvalue weighted by molar-refractivity contribution is -0.290. The van der Waals surface area contributed by atoms with Crippen molar-refractivity contribution < 1.29 is 85.5 Å². The number of aromatic hydroxyl groups is 2. The Morgan fingerprint density at radius 1 is 0.404 bits per heavy atom. The largest absolute Gasteiger partial charge is 0.508 e. The fourth-order valence-corrected chi connectivity index (χ4v) is 6.18. The first-order valence-electron chi connectivity index (χ1n) is 15.6. The molecule has 0 bridgehead atoms. The van der Waals surface area contributed by atoms with Crippen molar-refractivity contribution in [3.05, 3.63) is 149 Å². The van der Waals surface area contributed by atoms with Gasteiger partial charge < -0.3 is 19.7 Å². The van der Waals surface area contributed by atoms with Crippen LogP contribution in [0.25, 0.3) is 6.08 Å². The second-order valence-electron chi connectivity index (χ2n) is 12.1. The number of ether oxygens (including phenoxy) is 2. The SMILES string of the molecule is C=Cc1c(F)c(F)c(Oc2ccc(C(c3ccc(O)cc3)(C(F)(F)F)C(F)(F)F)cc2)c(F)c1Oc1ccc(C(c2ccc(O)cc2)(C(F)(F)F)C(F)(F)F)cc1. The third kappa shape index (κ3) is 7.03. The maximum atomic E-state index is 15.9. The van der Waals surface area contributed by atoms with Gasteiger partial charge in [-0.1, -0.05) is 61.2 Å². The third-order valence-electron chi connectivity index (χ3n) is 8.79. The Morgan fingerprint density at radius 3 is 0.965 bits per heavy atom. The zero-order valence-electron chi connectivity index (χ0n) is 27.9. The van der Waals surface area contributed by atoms with Gasteiger partial charge >= 0.3 is 24.7 Å². The van der Waals surface area contributed by atoms with E-state index in [1.165, 1.54) is 0 Å². The van der Waals surface area contributed by atoms with Crippen LogP contribution in [0.1, 0.15) is 27.8 Å². The molecular formula is C38H21F15O4. The highest BCUT2D eigenvalue weighted by Gasteiger charge is 2.73. The van der Waals surface area contributed by atoms with E-state index in [1.54, 1.807) is 0 Å². The molecule has 0 spiro atoms. The van der Waals surface area contributed by atoms with E-state index in [1.807, 2.05) is 0 Å². The van der Waals surface area contributed by atoms with Crippen LogP contribution in [0.15, 0.2) is 104 Å². The van der Waals surface area contributed by atoms with Crippen LogP contribution >= 0.6 is 0 Å². The average molecular weight is 827 g/mol. The molecule has 302 valence electrons. The molecule has 0 saturated heterocycles. The molecule has 5 rings (SSSR count). The first-order chi connectivity index (χ1) is 26.3. The highest BCUT2D eigenvalue weighted by atomic mass is 19.4. The van der Waals surface area contributed by atoms with Gasteiger partial charge in [-0.15, -0.1) is 0 Å². The highest BCUT2D eigenvalue weighted by Crippen LogP contribution is 2.58. The zero-order valence-corrected chi connectivity index (χ0v) is 27.9. The molecule has 0 aliphatic carbocycles. The van der Waals surface area contributed by atoms with E-state index < -0.39 is 115 Å². The van der Waals surface area contributed by atoms with E-state index in [-0.39, 0.29) is 12.1 Å². The van der Waals surface area contributed by atoms with Crippen LogP contribution in [0.2, 0.25) is 0 Å². The average Bonchev–Trinajstić information content (AvgIpc) is 3.10. The van der Waals surface area contributed by atoms with Crippen molar-refractivity contribution in [1.29, 1.82) is 0 Å². The molecule has 5 aromatic carbocycles. The molecule has 0 aliphatic rings. The Hall–Kier alpha value is -6.01. The van der Waals surface area contributed by atoms with E-state index in [9.17, 15) is 62.9 Å². The van der Waals surface area contributed by atoms with Crippen molar-refractivity contribution in [3.63, 3.8) is 0 Å². The van der Waals surface area contributed by atoms with E-state index in [0.717, 1.165) is 0 Å². The van der Waals surface area contributed by atoms with Crippen LogP contribution in [-0.4, -0.2) is 34.9 Å². The number of phenols is 2. The van der Waals surface area contributed by atoms with Crippen molar-refractivity contribution in [1.82, 2.24) is 0 Å². The summed E-state index contributed by atoms with van der Waals surface area (Å²) in [5.41, 5.74) is -16.1. The third-order valence-corrected chi connectivity index (χ3v) is 8.79. The second-order valence-corrected chi connectivity index (χ2v) is 12.1. The molecule has 0 unspecified atom stereocenters. The number of halogens is 15. The van der Waals surface area contributed by atoms with Crippen molar-refractivity contribution in [2.24, 2.45) is 0 Å². The van der Waals surface area contributed by atoms with Crippen LogP contribution in [0.4, 0.5) is 65.9 Å². The Bertz CT molecular complexity index is 2210. The molecule has 0 aliphatic heterocycles. The summed E-state index contributed by atoms with van der Waals surface area (Å²) >= 11 is 0. The summed E-state index contributed by atoms with van der Waals surface area (Å²) in [7, 11) is 0. The van der Waals surface area contributed by atoms with Gasteiger partial charge in [0.2, 0.25) is 28.2 Å². The van der Waals surface area contributed by atoms with E-state index in [4.69, 9.17) is 9.47 Å². The smallest absolute Gasteiger partial charge is 0.411 e. The van der Waals surface area contributed by atoms with Gasteiger partial charge in [0.1, 0.15) is 23.0 Å². The predicted molar refractivity (Wildman–Crippen MR) is 171 cm³/mol. The molecule has 19 heteroatoms. The minimum atomic E-state index is -6.07. The summed E-state index contributed by atoms with van der Waals surface area (Å²) in [5.74, 6) is -11.9. The quantitative estimate of drug-likeness (QED) is 0.115. The Kier molecular flexibility index (Phi) is 10.7. The van der Waals surface area contributed by atoms with Crippen LogP contribution < -0.4 is 9.47 Å². The molecular weight excluding hydrogens is 805 g/mol. The monoisotopic (exact) mass is 826 g/mol. The summed E-state index contributed by atoms with van der Waals surface area (Å²) in [5, 5.41) is 18.9. The normalized spacial score (nSPS) is 13.0. The molecule has 0 aromatic heterocycles. The fourth-order valence-electron chi connectivity index (χ4n) is 6.18. The number of phenolic OH excluding ortho intramolecular Hbond substituents is 2. The molecule has 0 radical (unpaired) electrons. The Balaban J connectivity index is 1.56. The van der Waals surface area contributed by atoms with Gasteiger partial charge in [0.05, 0.1) is 5.56 Å². The van der Waals surface area contributed by atoms with Gasteiger partial charge in [0.25, 0.3) is 0 Å². The maximum Gasteiger partial charge on any atom is 0.411 e. The van der Waals surface area contributed by atoms with Crippen LogP contribution in [0.5, 0.6) is 34.5 Å². The van der Waals surface area contributed by atoms with E-state index in [0.29, 0.717) is 91.0 Å². The van der Waals surface area contributed by atoms with Gasteiger partial charge in [-0.25, -0.2) is 4.39 Å². The summed E-state index contributed by atoms with van der Waals surface area (Å²) in [6.07, 6.45) is -23.7. The number of alkyl halides is 12. The molecule has 0 saturated carbocycles. The maximum absolute atomic E-state index is 15.9. The lowest BCUT2D eigenvalue weighted by atomic mass is 9.73. The lowest BCUT2D eigenvalue weighted by Gasteiger charge is -2.38. The Morgan fingerprint density at radius 2 is 0.684 bits per heavy atom. The molecule has 2 N–H and O–H groups in total. The number of benzene rings is 5. The van der Waals surface area contributed by atoms with Crippen molar-refractivity contribution in [2.45, 2.75) is 35.5 Å². The molecule has 0 atom stereocenters. The first-order valence-corrected chi connectivity index (χ1v) is 15.6. The predicted octanol–water partition coefficient (Wildman–Crippen LogP) is 12.6. The number of rotatable bonds is 9. The van der Waals surface area contributed by atoms with E-state index >= 15 is 13.2 Å². The van der Waals surface area contributed by atoms with Gasteiger partial charge in [0.15, 0.2) is 11.6 Å². The number of hydrogen-bond acceptors (Lipinski definition) is 4. The molecule has 4 nitrogen and oxygen atoms in total. The summed E-state index contributed by atoms with van der Waals surface area (Å²) in [6, 6.07) is 6.84. The second kappa shape index (κ2) is 14.5. The molecule has 5 aromatic rings. The molecule has 0 heterocycles. The van der Waals surface area contributed by atoms with Crippen LogP contribution in [0, 0.1) is 17.5 Å². The molecule has 57 heavy (non-hydrogen) atoms. The summed E-state index contributed by atoms with van der Waals surface area (Å²) in [4.78, 5) is 0. The van der Waals surface area contributed by atoms with Gasteiger partial charge in [-0.2, -0.15) is 61.5 Å². The Labute approximate surface area is 310 Å². The van der Waals surface area contributed by atoms with E-state index in [2.05, 4.69) is 6.58 Å². The standard InChI is InChI=1S/C38H21F15O4/c1-2-27-28(39)29(40)32(57-26-17-9-22(10-18-26)34(37(48,49)50,38(51,52)53)20-5-13-24(55)14-6-20)30(41)31(27)56-25-15-7-21(8-16-25)33(35(42,43)44,36(45,46)47)19-3-11-23(54)12-4-19/h2-18,54-55H,1H2. The molecule has 0 amide bonds. The minimum absolute atomic E-state index is 0.256. The van der Waals surface area contributed by atoms with Crippen LogP contribution in [-0.2, 0) is 10.8 Å². The first kappa shape index (κ1) is 42.1. The van der Waals surface area contributed by atoms with Gasteiger partial charge in [0, 0.05) is 0 Å². The number of hydrogen-bond donors (Lipinski definition) is 2.